The van der Waals surface area contributed by atoms with Gasteiger partial charge in [0.25, 0.3) is 11.8 Å². The van der Waals surface area contributed by atoms with Crippen molar-refractivity contribution < 1.29 is 38.2 Å². The zero-order valence-corrected chi connectivity index (χ0v) is 26.0. The maximum atomic E-state index is 15.0. The summed E-state index contributed by atoms with van der Waals surface area (Å²) in [5.41, 5.74) is 3.97. The number of fused-ring (bicyclic) bond motifs is 4. The van der Waals surface area contributed by atoms with Crippen LogP contribution in [0.4, 0.5) is 14.9 Å². The van der Waals surface area contributed by atoms with Crippen molar-refractivity contribution in [2.45, 2.75) is 31.1 Å². The minimum Gasteiger partial charge on any atom is -0.508 e. The molecule has 0 radical (unpaired) electrons. The molecule has 12 heteroatoms. The molecular weight excluding hydrogens is 629 g/mol. The van der Waals surface area contributed by atoms with E-state index in [2.05, 4.69) is 5.43 Å². The predicted octanol–water partition coefficient (Wildman–Crippen LogP) is 5.24. The number of phenolic OH excluding ortho intramolecular Hbond substituents is 1. The van der Waals surface area contributed by atoms with Crippen molar-refractivity contribution in [1.29, 1.82) is 0 Å². The molecule has 3 aromatic rings. The second kappa shape index (κ2) is 11.0. The third-order valence-corrected chi connectivity index (χ3v) is 10.4. The molecule has 240 valence electrons. The fraction of sp³-hybridized carbons (Fsp3) is 0.286. The van der Waals surface area contributed by atoms with Gasteiger partial charge in [0.2, 0.25) is 11.8 Å². The van der Waals surface area contributed by atoms with E-state index in [-0.39, 0.29) is 18.6 Å². The number of methoxy groups -OCH3 is 1. The van der Waals surface area contributed by atoms with Crippen LogP contribution in [-0.4, -0.2) is 51.8 Å². The average molecular weight is 658 g/mol. The van der Waals surface area contributed by atoms with Gasteiger partial charge in [0.15, 0.2) is 0 Å². The first-order chi connectivity index (χ1) is 22.5. The van der Waals surface area contributed by atoms with Gasteiger partial charge in [-0.25, -0.2) is 9.18 Å². The van der Waals surface area contributed by atoms with Crippen molar-refractivity contribution in [2.75, 3.05) is 12.5 Å². The number of imide groups is 4. The number of aromatic hydroxyl groups is 1. The number of anilines is 1. The molecule has 5 amide bonds. The minimum atomic E-state index is -1.55. The normalized spacial score (nSPS) is 28.1. The summed E-state index contributed by atoms with van der Waals surface area (Å²) in [5, 5.41) is 11.8. The second-order valence-electron chi connectivity index (χ2n) is 12.4. The number of likely N-dealkylation sites (tertiary alicyclic amines) is 1. The molecule has 2 N–H and O–H groups in total. The third kappa shape index (κ3) is 4.40. The lowest BCUT2D eigenvalue weighted by Gasteiger charge is -2.50. The fourth-order valence-corrected chi connectivity index (χ4v) is 8.29. The van der Waals surface area contributed by atoms with Gasteiger partial charge >= 0.3 is 6.09 Å². The van der Waals surface area contributed by atoms with E-state index >= 15 is 4.79 Å². The number of nitrogens with one attached hydrogen (secondary N) is 1. The van der Waals surface area contributed by atoms with Gasteiger partial charge in [-0.15, -0.1) is 0 Å². The number of allylic oxidation sites excluding steroid dienone is 2. The van der Waals surface area contributed by atoms with E-state index in [0.717, 1.165) is 12.1 Å². The van der Waals surface area contributed by atoms with Crippen molar-refractivity contribution in [3.63, 3.8) is 0 Å². The monoisotopic (exact) mass is 657 g/mol. The third-order valence-electron chi connectivity index (χ3n) is 10.2. The Hall–Kier alpha value is -5.03. The first kappa shape index (κ1) is 30.6. The summed E-state index contributed by atoms with van der Waals surface area (Å²) >= 11 is 6.29. The highest BCUT2D eigenvalue weighted by Crippen LogP contribution is 2.64. The minimum absolute atomic E-state index is 0.0173. The second-order valence-corrected chi connectivity index (χ2v) is 12.8. The van der Waals surface area contributed by atoms with Crippen molar-refractivity contribution in [2.24, 2.45) is 23.7 Å². The molecule has 0 unspecified atom stereocenters. The number of carbonyl (C=O) groups is 5. The Bertz CT molecular complexity index is 1900. The van der Waals surface area contributed by atoms with E-state index in [4.69, 9.17) is 16.3 Å². The SMILES string of the molecule is COC(=O)N1C(=O)[C@H]2[C@H](CC=C3[C@H]2C[C@H]2C(=O)N(Nc4ccc(F)cc4)C(=O)[C@@]2(c2ccc(Cl)cc2)[C@H]3c2ccc(O)c(C)c2)C1=O. The number of nitrogens with zero attached hydrogens (tertiary/aromatic N) is 2. The lowest BCUT2D eigenvalue weighted by Crippen LogP contribution is -2.53. The smallest absolute Gasteiger partial charge is 0.423 e. The Morgan fingerprint density at radius 1 is 0.979 bits per heavy atom. The highest BCUT2D eigenvalue weighted by molar-refractivity contribution is 6.30. The summed E-state index contributed by atoms with van der Waals surface area (Å²) in [6, 6.07) is 16.9. The van der Waals surface area contributed by atoms with Crippen molar-refractivity contribution in [3.8, 4) is 5.75 Å². The molecule has 2 saturated heterocycles. The average Bonchev–Trinajstić information content (AvgIpc) is 3.44. The van der Waals surface area contributed by atoms with Crippen LogP contribution in [0.1, 0.15) is 35.4 Å². The predicted molar refractivity (Wildman–Crippen MR) is 166 cm³/mol. The van der Waals surface area contributed by atoms with E-state index in [9.17, 15) is 28.7 Å². The van der Waals surface area contributed by atoms with Crippen LogP contribution < -0.4 is 5.43 Å². The van der Waals surface area contributed by atoms with Crippen molar-refractivity contribution in [3.05, 3.63) is 106 Å². The number of carbonyl (C=O) groups excluding carboxylic acids is 5. The fourth-order valence-electron chi connectivity index (χ4n) is 8.16. The highest BCUT2D eigenvalue weighted by atomic mass is 35.5. The van der Waals surface area contributed by atoms with E-state index in [1.54, 1.807) is 43.3 Å². The molecule has 3 fully saturated rings. The lowest BCUT2D eigenvalue weighted by atomic mass is 9.49. The summed E-state index contributed by atoms with van der Waals surface area (Å²) in [7, 11) is 1.09. The number of hydrogen-bond donors (Lipinski definition) is 2. The number of halogens is 2. The molecular formula is C35H29ClFN3O7. The Morgan fingerprint density at radius 3 is 2.34 bits per heavy atom. The van der Waals surface area contributed by atoms with Crippen LogP contribution in [0, 0.1) is 36.4 Å². The number of hydrazine groups is 1. The van der Waals surface area contributed by atoms with Gasteiger partial charge < -0.3 is 9.84 Å². The number of ether oxygens (including phenoxy) is 1. The number of hydrogen-bond acceptors (Lipinski definition) is 8. The van der Waals surface area contributed by atoms with Crippen LogP contribution in [0.25, 0.3) is 0 Å². The van der Waals surface area contributed by atoms with Crippen molar-refractivity contribution in [1.82, 2.24) is 9.91 Å². The quantitative estimate of drug-likeness (QED) is 0.287. The molecule has 6 atom stereocenters. The first-order valence-electron chi connectivity index (χ1n) is 15.1. The van der Waals surface area contributed by atoms with Gasteiger partial charge in [-0.05, 0) is 84.8 Å². The number of aryl methyl sites for hydroxylation is 1. The van der Waals surface area contributed by atoms with Crippen LogP contribution in [0.2, 0.25) is 5.02 Å². The molecule has 0 aromatic heterocycles. The number of amides is 5. The number of rotatable bonds is 4. The van der Waals surface area contributed by atoms with E-state index in [1.165, 1.54) is 30.3 Å². The molecule has 2 aliphatic heterocycles. The Labute approximate surface area is 273 Å². The molecule has 2 heterocycles. The number of benzene rings is 3. The topological polar surface area (TPSA) is 133 Å². The maximum absolute atomic E-state index is 15.0. The van der Waals surface area contributed by atoms with Crippen LogP contribution in [0.3, 0.4) is 0 Å². The molecule has 2 aliphatic carbocycles. The summed E-state index contributed by atoms with van der Waals surface area (Å²) in [4.78, 5) is 69.9. The van der Waals surface area contributed by atoms with Gasteiger partial charge in [0.05, 0.1) is 36.0 Å². The van der Waals surface area contributed by atoms with E-state index in [0.29, 0.717) is 37.9 Å². The zero-order chi connectivity index (χ0) is 33.4. The Balaban J connectivity index is 1.46. The molecule has 3 aromatic carbocycles. The summed E-state index contributed by atoms with van der Waals surface area (Å²) in [5.74, 6) is -7.35. The van der Waals surface area contributed by atoms with Crippen LogP contribution >= 0.6 is 11.6 Å². The summed E-state index contributed by atoms with van der Waals surface area (Å²) in [6.45, 7) is 1.72. The van der Waals surface area contributed by atoms with Crippen LogP contribution in [0.5, 0.6) is 5.75 Å². The Kier molecular flexibility index (Phi) is 7.20. The molecule has 1 saturated carbocycles. The standard InChI is InChI=1S/C35H29ClFN3O7/c1-17-15-18(3-14-27(17)41)29-23-12-13-24-28(32(44)39(30(24)42)34(46)47-2)25(23)16-26-31(43)40(38-22-10-8-21(37)9-11-22)33(45)35(26,29)19-4-6-20(36)7-5-19/h3-12,14-15,24-26,28-29,38,41H,13,16H2,1-2H3/t24-,25+,26-,28-,29-,35+/m0/s1. The van der Waals surface area contributed by atoms with E-state index < -0.39 is 70.5 Å². The van der Waals surface area contributed by atoms with Gasteiger partial charge in [0.1, 0.15) is 11.6 Å². The maximum Gasteiger partial charge on any atom is 0.423 e. The molecule has 0 bridgehead atoms. The first-order valence-corrected chi connectivity index (χ1v) is 15.5. The Morgan fingerprint density at radius 2 is 1.68 bits per heavy atom. The van der Waals surface area contributed by atoms with Gasteiger partial charge in [0, 0.05) is 10.9 Å². The van der Waals surface area contributed by atoms with Crippen LogP contribution in [-0.2, 0) is 29.3 Å². The molecule has 0 spiro atoms. The van der Waals surface area contributed by atoms with Gasteiger partial charge in [-0.1, -0.05) is 47.5 Å². The number of phenols is 1. The zero-order valence-electron chi connectivity index (χ0n) is 25.3. The molecule has 10 nitrogen and oxygen atoms in total. The van der Waals surface area contributed by atoms with E-state index in [1.807, 2.05) is 6.08 Å². The summed E-state index contributed by atoms with van der Waals surface area (Å²) < 4.78 is 18.5. The van der Waals surface area contributed by atoms with Gasteiger partial charge in [-0.3, -0.25) is 24.6 Å². The molecule has 4 aliphatic rings. The molecule has 47 heavy (non-hydrogen) atoms. The summed E-state index contributed by atoms with van der Waals surface area (Å²) in [6.07, 6.45) is 0.925. The highest BCUT2D eigenvalue weighted by Gasteiger charge is 2.70. The lowest BCUT2D eigenvalue weighted by molar-refractivity contribution is -0.140. The van der Waals surface area contributed by atoms with Gasteiger partial charge in [-0.2, -0.15) is 9.91 Å². The molecule has 7 rings (SSSR count). The van der Waals surface area contributed by atoms with Crippen LogP contribution in [0.15, 0.2) is 78.4 Å². The van der Waals surface area contributed by atoms with Crippen molar-refractivity contribution >= 4 is 47.0 Å². The largest absolute Gasteiger partial charge is 0.508 e.